The van der Waals surface area contributed by atoms with Crippen LogP contribution < -0.4 is 16.0 Å². The van der Waals surface area contributed by atoms with Gasteiger partial charge in [0.15, 0.2) is 11.6 Å². The van der Waals surface area contributed by atoms with Crippen molar-refractivity contribution < 1.29 is 13.6 Å². The molecule has 4 rings (SSSR count). The molecule has 2 heterocycles. The maximum atomic E-state index is 13.2. The predicted octanol–water partition coefficient (Wildman–Crippen LogP) is 4.64. The average Bonchev–Trinajstić information content (AvgIpc) is 3.18. The van der Waals surface area contributed by atoms with Crippen molar-refractivity contribution in [2.24, 2.45) is 0 Å². The smallest absolute Gasteiger partial charge is 0.323 e. The number of anilines is 4. The average molecular weight is 421 g/mol. The fraction of sp³-hybridized carbons (Fsp3) is 0.0476. The van der Waals surface area contributed by atoms with Crippen LogP contribution in [0, 0.1) is 18.6 Å². The van der Waals surface area contributed by atoms with Gasteiger partial charge in [-0.15, -0.1) is 0 Å². The van der Waals surface area contributed by atoms with E-state index in [-0.39, 0.29) is 5.69 Å². The molecule has 0 fully saturated rings. The maximum Gasteiger partial charge on any atom is 0.323 e. The number of amides is 2. The summed E-state index contributed by atoms with van der Waals surface area (Å²) in [5, 5.41) is 8.23. The molecule has 31 heavy (non-hydrogen) atoms. The van der Waals surface area contributed by atoms with Crippen molar-refractivity contribution in [3.8, 4) is 5.82 Å². The molecule has 2 amide bonds. The van der Waals surface area contributed by atoms with Gasteiger partial charge in [0, 0.05) is 41.6 Å². The van der Waals surface area contributed by atoms with E-state index in [0.29, 0.717) is 17.3 Å². The Labute approximate surface area is 176 Å². The number of benzene rings is 2. The van der Waals surface area contributed by atoms with Gasteiger partial charge >= 0.3 is 6.03 Å². The lowest BCUT2D eigenvalue weighted by atomic mass is 10.2. The van der Waals surface area contributed by atoms with Crippen LogP contribution in [0.3, 0.4) is 0 Å². The van der Waals surface area contributed by atoms with Gasteiger partial charge < -0.3 is 16.0 Å². The van der Waals surface area contributed by atoms with Crippen LogP contribution in [-0.2, 0) is 0 Å². The van der Waals surface area contributed by atoms with Crippen molar-refractivity contribution in [3.05, 3.63) is 84.7 Å². The highest BCUT2D eigenvalue weighted by Gasteiger charge is 2.07. The summed E-state index contributed by atoms with van der Waals surface area (Å²) in [7, 11) is 0. The van der Waals surface area contributed by atoms with Crippen LogP contribution in [0.15, 0.2) is 67.3 Å². The van der Waals surface area contributed by atoms with Crippen LogP contribution in [0.1, 0.15) is 5.82 Å². The lowest BCUT2D eigenvalue weighted by Crippen LogP contribution is -2.19. The predicted molar refractivity (Wildman–Crippen MR) is 113 cm³/mol. The molecule has 10 heteroatoms. The summed E-state index contributed by atoms with van der Waals surface area (Å²) >= 11 is 0. The van der Waals surface area contributed by atoms with E-state index in [1.807, 2.05) is 17.7 Å². The summed E-state index contributed by atoms with van der Waals surface area (Å²) in [6, 6.07) is 11.2. The standard InChI is InChI=1S/C21H17F2N7O/c1-13-24-8-9-30(13)20-11-19(25-12-26-20)27-14-2-4-15(5-3-14)28-21(31)29-16-6-7-17(22)18(23)10-16/h2-12H,1H3,(H,25,26,27)(H2,28,29,31). The molecular weight excluding hydrogens is 404 g/mol. The lowest BCUT2D eigenvalue weighted by molar-refractivity contribution is 0.262. The summed E-state index contributed by atoms with van der Waals surface area (Å²) in [5.41, 5.74) is 1.41. The number of nitrogens with one attached hydrogen (secondary N) is 3. The van der Waals surface area contributed by atoms with Crippen molar-refractivity contribution in [2.75, 3.05) is 16.0 Å². The molecule has 0 atom stereocenters. The second-order valence-corrected chi connectivity index (χ2v) is 6.52. The van der Waals surface area contributed by atoms with Crippen LogP contribution in [-0.4, -0.2) is 25.6 Å². The van der Waals surface area contributed by atoms with Crippen LogP contribution in [0.2, 0.25) is 0 Å². The summed E-state index contributed by atoms with van der Waals surface area (Å²) in [6.45, 7) is 1.88. The molecule has 3 N–H and O–H groups in total. The van der Waals surface area contributed by atoms with Gasteiger partial charge in [-0.1, -0.05) is 0 Å². The Balaban J connectivity index is 1.39. The molecule has 0 spiro atoms. The van der Waals surface area contributed by atoms with E-state index in [9.17, 15) is 13.6 Å². The largest absolute Gasteiger partial charge is 0.340 e. The molecular formula is C21H17F2N7O. The van der Waals surface area contributed by atoms with Crippen LogP contribution >= 0.6 is 0 Å². The summed E-state index contributed by atoms with van der Waals surface area (Å²) in [4.78, 5) is 24.7. The second kappa shape index (κ2) is 8.57. The molecule has 0 saturated heterocycles. The maximum absolute atomic E-state index is 13.2. The Bertz CT molecular complexity index is 1220. The van der Waals surface area contributed by atoms with Crippen LogP contribution in [0.5, 0.6) is 0 Å². The van der Waals surface area contributed by atoms with E-state index in [0.717, 1.165) is 23.6 Å². The Morgan fingerprint density at radius 1 is 0.871 bits per heavy atom. The zero-order valence-electron chi connectivity index (χ0n) is 16.3. The number of hydrogen-bond acceptors (Lipinski definition) is 5. The zero-order valence-corrected chi connectivity index (χ0v) is 16.3. The number of aryl methyl sites for hydroxylation is 1. The van der Waals surface area contributed by atoms with Gasteiger partial charge in [-0.3, -0.25) is 4.57 Å². The number of aromatic nitrogens is 4. The quantitative estimate of drug-likeness (QED) is 0.436. The number of hydrogen-bond donors (Lipinski definition) is 3. The van der Waals surface area contributed by atoms with Crippen molar-refractivity contribution in [1.29, 1.82) is 0 Å². The Hall–Kier alpha value is -4.34. The molecule has 0 aliphatic carbocycles. The summed E-state index contributed by atoms with van der Waals surface area (Å²) in [6.07, 6.45) is 4.96. The first-order valence-electron chi connectivity index (χ1n) is 9.20. The number of carbonyl (C=O) groups is 1. The van der Waals surface area contributed by atoms with Gasteiger partial charge in [-0.2, -0.15) is 0 Å². The fourth-order valence-corrected chi connectivity index (χ4v) is 2.82. The minimum atomic E-state index is -1.04. The number of rotatable bonds is 5. The number of nitrogens with zero attached hydrogens (tertiary/aromatic N) is 4. The minimum Gasteiger partial charge on any atom is -0.340 e. The lowest BCUT2D eigenvalue weighted by Gasteiger charge is -2.10. The Morgan fingerprint density at radius 3 is 2.29 bits per heavy atom. The van der Waals surface area contributed by atoms with Crippen LogP contribution in [0.4, 0.5) is 36.5 Å². The first-order chi connectivity index (χ1) is 15.0. The third-order valence-corrected chi connectivity index (χ3v) is 4.32. The van der Waals surface area contributed by atoms with Crippen molar-refractivity contribution in [1.82, 2.24) is 19.5 Å². The summed E-state index contributed by atoms with van der Waals surface area (Å²) in [5.74, 6) is 0.0608. The molecule has 156 valence electrons. The molecule has 0 unspecified atom stereocenters. The third kappa shape index (κ3) is 4.81. The van der Waals surface area contributed by atoms with E-state index in [2.05, 4.69) is 30.9 Å². The highest BCUT2D eigenvalue weighted by Crippen LogP contribution is 2.20. The highest BCUT2D eigenvalue weighted by molar-refractivity contribution is 5.99. The first kappa shape index (κ1) is 20.0. The highest BCUT2D eigenvalue weighted by atomic mass is 19.2. The van der Waals surface area contributed by atoms with E-state index < -0.39 is 17.7 Å². The third-order valence-electron chi connectivity index (χ3n) is 4.32. The molecule has 0 aliphatic rings. The molecule has 8 nitrogen and oxygen atoms in total. The Kier molecular flexibility index (Phi) is 5.52. The number of halogens is 2. The molecule has 2 aromatic carbocycles. The number of urea groups is 1. The minimum absolute atomic E-state index is 0.141. The fourth-order valence-electron chi connectivity index (χ4n) is 2.82. The van der Waals surface area contributed by atoms with E-state index in [4.69, 9.17) is 0 Å². The van der Waals surface area contributed by atoms with Crippen molar-refractivity contribution >= 4 is 28.9 Å². The van der Waals surface area contributed by atoms with Crippen molar-refractivity contribution in [2.45, 2.75) is 6.92 Å². The van der Waals surface area contributed by atoms with Gasteiger partial charge in [-0.05, 0) is 43.3 Å². The van der Waals surface area contributed by atoms with Gasteiger partial charge in [0.05, 0.1) is 0 Å². The van der Waals surface area contributed by atoms with Crippen molar-refractivity contribution in [3.63, 3.8) is 0 Å². The number of carbonyl (C=O) groups excluding carboxylic acids is 1. The van der Waals surface area contributed by atoms with E-state index in [1.54, 1.807) is 36.5 Å². The SMILES string of the molecule is Cc1nccn1-c1cc(Nc2ccc(NC(=O)Nc3ccc(F)c(F)c3)cc2)ncn1. The molecule has 0 bridgehead atoms. The molecule has 0 saturated carbocycles. The molecule has 0 aliphatic heterocycles. The molecule has 2 aromatic heterocycles. The van der Waals surface area contributed by atoms with E-state index in [1.165, 1.54) is 12.4 Å². The van der Waals surface area contributed by atoms with Gasteiger partial charge in [-0.25, -0.2) is 28.5 Å². The summed E-state index contributed by atoms with van der Waals surface area (Å²) < 4.78 is 28.0. The first-order valence-corrected chi connectivity index (χ1v) is 9.20. The number of imidazole rings is 1. The topological polar surface area (TPSA) is 96.8 Å². The normalized spacial score (nSPS) is 10.5. The molecule has 0 radical (unpaired) electrons. The Morgan fingerprint density at radius 2 is 1.58 bits per heavy atom. The van der Waals surface area contributed by atoms with E-state index >= 15 is 0 Å². The van der Waals surface area contributed by atoms with Gasteiger partial charge in [0.1, 0.15) is 23.8 Å². The molecule has 4 aromatic rings. The van der Waals surface area contributed by atoms with Crippen LogP contribution in [0.25, 0.3) is 5.82 Å². The van der Waals surface area contributed by atoms with Gasteiger partial charge in [0.2, 0.25) is 0 Å². The second-order valence-electron chi connectivity index (χ2n) is 6.52. The monoisotopic (exact) mass is 421 g/mol. The zero-order chi connectivity index (χ0) is 21.8. The van der Waals surface area contributed by atoms with Gasteiger partial charge in [0.25, 0.3) is 0 Å².